The number of methoxy groups -OCH3 is 1. The summed E-state index contributed by atoms with van der Waals surface area (Å²) in [5, 5.41) is 3.70. The molecule has 0 radical (unpaired) electrons. The Bertz CT molecular complexity index is 618. The van der Waals surface area contributed by atoms with E-state index >= 15 is 0 Å². The van der Waals surface area contributed by atoms with E-state index in [2.05, 4.69) is 5.32 Å². The third-order valence-corrected chi connectivity index (χ3v) is 3.20. The second kappa shape index (κ2) is 7.50. The van der Waals surface area contributed by atoms with Crippen molar-refractivity contribution < 1.29 is 9.53 Å². The first kappa shape index (κ1) is 15.1. The molecule has 0 unspecified atom stereocenters. The summed E-state index contributed by atoms with van der Waals surface area (Å²) in [5.74, 6) is 0.765. The van der Waals surface area contributed by atoms with Crippen molar-refractivity contribution in [3.63, 3.8) is 0 Å². The molecule has 0 fully saturated rings. The summed E-state index contributed by atoms with van der Waals surface area (Å²) < 4.78 is 5.10. The summed E-state index contributed by atoms with van der Waals surface area (Å²) in [4.78, 5) is 11.9. The summed E-state index contributed by atoms with van der Waals surface area (Å²) in [6.45, 7) is 0.647. The third-order valence-electron chi connectivity index (χ3n) is 2.95. The molecule has 0 saturated heterocycles. The fraction of sp³-hybridized carbons (Fsp3) is 0.118. The Morgan fingerprint density at radius 1 is 1.14 bits per heavy atom. The van der Waals surface area contributed by atoms with Crippen LogP contribution in [0.5, 0.6) is 5.75 Å². The second-order valence-electron chi connectivity index (χ2n) is 4.43. The number of carbonyl (C=O) groups is 1. The highest BCUT2D eigenvalue weighted by Gasteiger charge is 2.00. The van der Waals surface area contributed by atoms with Gasteiger partial charge in [-0.1, -0.05) is 23.7 Å². The van der Waals surface area contributed by atoms with Gasteiger partial charge >= 0.3 is 0 Å². The Morgan fingerprint density at radius 3 is 2.43 bits per heavy atom. The molecule has 0 spiro atoms. The number of carbonyl (C=O) groups excluding carboxylic acids is 1. The minimum atomic E-state index is -0.0612. The van der Waals surface area contributed by atoms with Crippen LogP contribution in [0.2, 0.25) is 5.02 Å². The number of allylic oxidation sites excluding steroid dienone is 1. The molecule has 0 atom stereocenters. The molecule has 108 valence electrons. The van der Waals surface area contributed by atoms with E-state index in [1.54, 1.807) is 37.6 Å². The van der Waals surface area contributed by atoms with Crippen LogP contribution in [-0.4, -0.2) is 12.9 Å². The van der Waals surface area contributed by atoms with E-state index in [4.69, 9.17) is 16.3 Å². The summed E-state index contributed by atoms with van der Waals surface area (Å²) in [6.07, 6.45) is 3.16. The molecule has 0 aliphatic heterocycles. The van der Waals surface area contributed by atoms with Gasteiger partial charge in [0.05, 0.1) is 7.11 Å². The first-order valence-electron chi connectivity index (χ1n) is 6.52. The highest BCUT2D eigenvalue weighted by Crippen LogP contribution is 2.11. The van der Waals surface area contributed by atoms with Gasteiger partial charge in [0.1, 0.15) is 5.75 Å². The highest BCUT2D eigenvalue weighted by atomic mass is 35.5. The van der Waals surface area contributed by atoms with Gasteiger partial charge in [0.2, 0.25) is 0 Å². The number of halogens is 1. The lowest BCUT2D eigenvalue weighted by Gasteiger charge is -2.03. The predicted octanol–water partition coefficient (Wildman–Crippen LogP) is 3.83. The molecule has 2 rings (SSSR count). The van der Waals surface area contributed by atoms with E-state index in [9.17, 15) is 4.79 Å². The van der Waals surface area contributed by atoms with Crippen molar-refractivity contribution in [2.45, 2.75) is 6.54 Å². The standard InChI is InChI=1S/C17H16ClNO2/c1-21-16-8-2-13(3-9-16)12-19-11-10-17(20)14-4-6-15(18)7-5-14/h2-11,19H,12H2,1H3/b11-10+. The minimum absolute atomic E-state index is 0.0612. The molecule has 1 N–H and O–H groups in total. The maximum atomic E-state index is 11.9. The third kappa shape index (κ3) is 4.65. The fourth-order valence-corrected chi connectivity index (χ4v) is 1.89. The van der Waals surface area contributed by atoms with Gasteiger partial charge in [-0.15, -0.1) is 0 Å². The van der Waals surface area contributed by atoms with Gasteiger partial charge in [-0.05, 0) is 42.0 Å². The van der Waals surface area contributed by atoms with E-state index in [0.717, 1.165) is 11.3 Å². The zero-order valence-electron chi connectivity index (χ0n) is 11.7. The van der Waals surface area contributed by atoms with Gasteiger partial charge in [-0.25, -0.2) is 0 Å². The number of hydrogen-bond acceptors (Lipinski definition) is 3. The van der Waals surface area contributed by atoms with Crippen molar-refractivity contribution in [1.29, 1.82) is 0 Å². The van der Waals surface area contributed by atoms with Crippen LogP contribution >= 0.6 is 11.6 Å². The lowest BCUT2D eigenvalue weighted by Crippen LogP contribution is -2.05. The van der Waals surface area contributed by atoms with Crippen molar-refractivity contribution in [3.05, 3.63) is 77.0 Å². The molecular weight excluding hydrogens is 286 g/mol. The topological polar surface area (TPSA) is 38.3 Å². The lowest BCUT2D eigenvalue weighted by atomic mass is 10.1. The van der Waals surface area contributed by atoms with Crippen molar-refractivity contribution in [2.24, 2.45) is 0 Å². The Hall–Kier alpha value is -2.26. The van der Waals surface area contributed by atoms with Gasteiger partial charge in [-0.3, -0.25) is 4.79 Å². The summed E-state index contributed by atoms with van der Waals surface area (Å²) in [5.41, 5.74) is 1.72. The van der Waals surface area contributed by atoms with Gasteiger partial charge in [0, 0.05) is 29.4 Å². The van der Waals surface area contributed by atoms with Crippen LogP contribution in [0.1, 0.15) is 15.9 Å². The number of nitrogens with one attached hydrogen (secondary N) is 1. The first-order chi connectivity index (χ1) is 10.2. The van der Waals surface area contributed by atoms with Crippen LogP contribution in [0.3, 0.4) is 0 Å². The summed E-state index contributed by atoms with van der Waals surface area (Å²) in [6, 6.07) is 14.6. The molecule has 3 nitrogen and oxygen atoms in total. The monoisotopic (exact) mass is 301 g/mol. The molecule has 0 aliphatic carbocycles. The molecule has 0 aliphatic rings. The molecule has 0 saturated carbocycles. The number of benzene rings is 2. The van der Waals surface area contributed by atoms with Crippen molar-refractivity contribution >= 4 is 17.4 Å². The Morgan fingerprint density at radius 2 is 1.81 bits per heavy atom. The van der Waals surface area contributed by atoms with E-state index in [-0.39, 0.29) is 5.78 Å². The number of hydrogen-bond donors (Lipinski definition) is 1. The van der Waals surface area contributed by atoms with E-state index in [1.165, 1.54) is 6.08 Å². The Balaban J connectivity index is 1.84. The van der Waals surface area contributed by atoms with Crippen LogP contribution in [0.15, 0.2) is 60.8 Å². The average molecular weight is 302 g/mol. The molecule has 2 aromatic carbocycles. The number of ketones is 1. The molecule has 0 amide bonds. The van der Waals surface area contributed by atoms with Crippen molar-refractivity contribution in [3.8, 4) is 5.75 Å². The van der Waals surface area contributed by atoms with Crippen LogP contribution in [-0.2, 0) is 6.54 Å². The molecular formula is C17H16ClNO2. The van der Waals surface area contributed by atoms with E-state index in [0.29, 0.717) is 17.1 Å². The molecule has 21 heavy (non-hydrogen) atoms. The predicted molar refractivity (Wildman–Crippen MR) is 84.8 cm³/mol. The Kier molecular flexibility index (Phi) is 5.41. The van der Waals surface area contributed by atoms with Crippen LogP contribution in [0.4, 0.5) is 0 Å². The molecule has 0 heterocycles. The molecule has 4 heteroatoms. The average Bonchev–Trinajstić information content (AvgIpc) is 2.52. The van der Waals surface area contributed by atoms with Crippen LogP contribution in [0.25, 0.3) is 0 Å². The highest BCUT2D eigenvalue weighted by molar-refractivity contribution is 6.30. The van der Waals surface area contributed by atoms with Crippen LogP contribution in [0, 0.1) is 0 Å². The SMILES string of the molecule is COc1ccc(CN/C=C/C(=O)c2ccc(Cl)cc2)cc1. The van der Waals surface area contributed by atoms with Gasteiger partial charge < -0.3 is 10.1 Å². The maximum Gasteiger partial charge on any atom is 0.187 e. The van der Waals surface area contributed by atoms with E-state index in [1.807, 2.05) is 24.3 Å². The molecule has 0 aromatic heterocycles. The van der Waals surface area contributed by atoms with Crippen molar-refractivity contribution in [1.82, 2.24) is 5.32 Å². The lowest BCUT2D eigenvalue weighted by molar-refractivity contribution is 0.104. The smallest absolute Gasteiger partial charge is 0.187 e. The quantitative estimate of drug-likeness (QED) is 0.651. The zero-order chi connectivity index (χ0) is 15.1. The largest absolute Gasteiger partial charge is 0.497 e. The second-order valence-corrected chi connectivity index (χ2v) is 4.87. The normalized spacial score (nSPS) is 10.6. The molecule has 0 bridgehead atoms. The van der Waals surface area contributed by atoms with E-state index < -0.39 is 0 Å². The number of ether oxygens (including phenoxy) is 1. The Labute approximate surface area is 129 Å². The summed E-state index contributed by atoms with van der Waals surface area (Å²) >= 11 is 5.78. The first-order valence-corrected chi connectivity index (χ1v) is 6.89. The van der Waals surface area contributed by atoms with Crippen molar-refractivity contribution in [2.75, 3.05) is 7.11 Å². The maximum absolute atomic E-state index is 11.9. The zero-order valence-corrected chi connectivity index (χ0v) is 12.4. The van der Waals surface area contributed by atoms with Gasteiger partial charge in [-0.2, -0.15) is 0 Å². The number of rotatable bonds is 6. The minimum Gasteiger partial charge on any atom is -0.497 e. The van der Waals surface area contributed by atoms with Gasteiger partial charge in [0.25, 0.3) is 0 Å². The summed E-state index contributed by atoms with van der Waals surface area (Å²) in [7, 11) is 1.64. The van der Waals surface area contributed by atoms with Crippen LogP contribution < -0.4 is 10.1 Å². The van der Waals surface area contributed by atoms with Gasteiger partial charge in [0.15, 0.2) is 5.78 Å². The molecule has 2 aromatic rings. The fourth-order valence-electron chi connectivity index (χ4n) is 1.77.